The summed E-state index contributed by atoms with van der Waals surface area (Å²) in [5.41, 5.74) is 1.17. The maximum atomic E-state index is 13.7. The van der Waals surface area contributed by atoms with E-state index in [1.807, 2.05) is 6.07 Å². The molecule has 2 heterocycles. The van der Waals surface area contributed by atoms with Crippen LogP contribution in [-0.4, -0.2) is 44.3 Å². The molecule has 3 aliphatic rings. The second-order valence-corrected chi connectivity index (χ2v) is 8.65. The molecule has 1 aliphatic carbocycles. The first-order chi connectivity index (χ1) is 12.1. The molecule has 1 aromatic carbocycles. The summed E-state index contributed by atoms with van der Waals surface area (Å²) in [6.07, 6.45) is 7.10. The number of fused-ring (bicyclic) bond motifs is 1. The van der Waals surface area contributed by atoms with Crippen LogP contribution in [0.4, 0.5) is 4.39 Å². The molecule has 2 saturated heterocycles. The van der Waals surface area contributed by atoms with Crippen molar-refractivity contribution in [2.75, 3.05) is 27.2 Å². The van der Waals surface area contributed by atoms with Crippen molar-refractivity contribution >= 4 is 0 Å². The van der Waals surface area contributed by atoms with Crippen LogP contribution >= 0.6 is 0 Å². The quantitative estimate of drug-likeness (QED) is 0.881. The van der Waals surface area contributed by atoms with Gasteiger partial charge in [-0.2, -0.15) is 0 Å². The van der Waals surface area contributed by atoms with Crippen LogP contribution in [0.1, 0.15) is 43.6 Å². The zero-order chi connectivity index (χ0) is 17.4. The summed E-state index contributed by atoms with van der Waals surface area (Å²) in [4.78, 5) is 2.40. The Bertz CT molecular complexity index is 582. The highest BCUT2D eigenvalue weighted by Crippen LogP contribution is 2.42. The van der Waals surface area contributed by atoms with Crippen LogP contribution in [0.3, 0.4) is 0 Å². The summed E-state index contributed by atoms with van der Waals surface area (Å²) in [6.45, 7) is 2.10. The van der Waals surface area contributed by atoms with Gasteiger partial charge in [0.05, 0.1) is 6.17 Å². The van der Waals surface area contributed by atoms with Crippen molar-refractivity contribution in [2.45, 2.75) is 50.2 Å². The van der Waals surface area contributed by atoms with Crippen LogP contribution in [0.15, 0.2) is 24.3 Å². The first-order valence-corrected chi connectivity index (χ1v) is 10.0. The van der Waals surface area contributed by atoms with E-state index < -0.39 is 0 Å². The van der Waals surface area contributed by atoms with Crippen molar-refractivity contribution < 1.29 is 4.39 Å². The van der Waals surface area contributed by atoms with E-state index in [0.29, 0.717) is 18.0 Å². The molecule has 1 aromatic rings. The average Bonchev–Trinajstić information content (AvgIpc) is 3.05. The van der Waals surface area contributed by atoms with Gasteiger partial charge in [0.2, 0.25) is 0 Å². The number of nitrogens with one attached hydrogen (secondary N) is 2. The van der Waals surface area contributed by atoms with Crippen LogP contribution in [0.25, 0.3) is 0 Å². The molecule has 2 N–H and O–H groups in total. The number of benzene rings is 1. The molecular formula is C21H32FN3. The average molecular weight is 346 g/mol. The van der Waals surface area contributed by atoms with E-state index in [1.165, 1.54) is 37.7 Å². The number of nitrogens with zero attached hydrogens (tertiary/aromatic N) is 1. The lowest BCUT2D eigenvalue weighted by atomic mass is 9.70. The van der Waals surface area contributed by atoms with Gasteiger partial charge < -0.3 is 15.5 Å². The van der Waals surface area contributed by atoms with E-state index in [0.717, 1.165) is 31.0 Å². The molecule has 3 nitrogen and oxygen atoms in total. The predicted octanol–water partition coefficient (Wildman–Crippen LogP) is 3.18. The summed E-state index contributed by atoms with van der Waals surface area (Å²) in [5.74, 6) is 2.56. The highest BCUT2D eigenvalue weighted by Gasteiger charge is 2.43. The van der Waals surface area contributed by atoms with Crippen molar-refractivity contribution in [1.29, 1.82) is 0 Å². The third-order valence-corrected chi connectivity index (χ3v) is 7.09. The molecule has 25 heavy (non-hydrogen) atoms. The van der Waals surface area contributed by atoms with Crippen molar-refractivity contribution in [1.82, 2.24) is 15.5 Å². The van der Waals surface area contributed by atoms with Crippen molar-refractivity contribution in [3.8, 4) is 0 Å². The first-order valence-electron chi connectivity index (χ1n) is 10.0. The van der Waals surface area contributed by atoms with Crippen molar-refractivity contribution in [2.24, 2.45) is 17.8 Å². The van der Waals surface area contributed by atoms with Gasteiger partial charge in [-0.1, -0.05) is 12.1 Å². The molecule has 1 saturated carbocycles. The van der Waals surface area contributed by atoms with Gasteiger partial charge in [-0.25, -0.2) is 4.39 Å². The van der Waals surface area contributed by atoms with Crippen LogP contribution in [0.2, 0.25) is 0 Å². The van der Waals surface area contributed by atoms with Crippen molar-refractivity contribution in [3.05, 3.63) is 35.6 Å². The smallest absolute Gasteiger partial charge is 0.123 e. The minimum Gasteiger partial charge on any atom is -0.306 e. The largest absolute Gasteiger partial charge is 0.306 e. The lowest BCUT2D eigenvalue weighted by Crippen LogP contribution is -2.51. The fraction of sp³-hybridized carbons (Fsp3) is 0.714. The number of hydrogen-bond donors (Lipinski definition) is 2. The summed E-state index contributed by atoms with van der Waals surface area (Å²) in [6, 6.07) is 8.02. The summed E-state index contributed by atoms with van der Waals surface area (Å²) in [7, 11) is 4.43. The van der Waals surface area contributed by atoms with Crippen LogP contribution in [0, 0.1) is 23.6 Å². The molecule has 4 atom stereocenters. The third kappa shape index (κ3) is 3.62. The zero-order valence-corrected chi connectivity index (χ0v) is 15.5. The molecule has 0 amide bonds. The minimum atomic E-state index is -0.108. The Morgan fingerprint density at radius 2 is 1.76 bits per heavy atom. The maximum absolute atomic E-state index is 13.7. The van der Waals surface area contributed by atoms with Gasteiger partial charge in [0.15, 0.2) is 0 Å². The Hall–Kier alpha value is -0.970. The van der Waals surface area contributed by atoms with Crippen LogP contribution in [-0.2, 0) is 0 Å². The molecule has 4 rings (SSSR count). The fourth-order valence-electron chi connectivity index (χ4n) is 5.57. The van der Waals surface area contributed by atoms with Crippen LogP contribution in [0.5, 0.6) is 0 Å². The molecule has 0 radical (unpaired) electrons. The van der Waals surface area contributed by atoms with E-state index in [9.17, 15) is 4.39 Å². The zero-order valence-electron chi connectivity index (χ0n) is 15.5. The Kier molecular flexibility index (Phi) is 5.12. The van der Waals surface area contributed by atoms with E-state index in [1.54, 1.807) is 12.1 Å². The maximum Gasteiger partial charge on any atom is 0.123 e. The SMILES string of the molecule is CN(C)C1CCC(C2CNC3NCC(c4cccc(F)c4)C3C2)CC1. The van der Waals surface area contributed by atoms with Gasteiger partial charge in [-0.3, -0.25) is 0 Å². The molecular weight excluding hydrogens is 313 g/mol. The molecule has 2 aliphatic heterocycles. The van der Waals surface area contributed by atoms with E-state index >= 15 is 0 Å². The Balaban J connectivity index is 1.42. The Morgan fingerprint density at radius 1 is 1.00 bits per heavy atom. The van der Waals surface area contributed by atoms with Gasteiger partial charge >= 0.3 is 0 Å². The highest BCUT2D eigenvalue weighted by molar-refractivity contribution is 5.24. The van der Waals surface area contributed by atoms with Crippen LogP contribution < -0.4 is 10.6 Å². The molecule has 3 fully saturated rings. The van der Waals surface area contributed by atoms with Gasteiger partial charge in [0.1, 0.15) is 5.82 Å². The first kappa shape index (κ1) is 17.4. The monoisotopic (exact) mass is 345 g/mol. The highest BCUT2D eigenvalue weighted by atomic mass is 19.1. The lowest BCUT2D eigenvalue weighted by Gasteiger charge is -2.42. The van der Waals surface area contributed by atoms with E-state index in [-0.39, 0.29) is 5.82 Å². The van der Waals surface area contributed by atoms with E-state index in [4.69, 9.17) is 0 Å². The minimum absolute atomic E-state index is 0.108. The summed E-state index contributed by atoms with van der Waals surface area (Å²) >= 11 is 0. The van der Waals surface area contributed by atoms with Gasteiger partial charge in [-0.15, -0.1) is 0 Å². The Morgan fingerprint density at radius 3 is 2.48 bits per heavy atom. The molecule has 0 spiro atoms. The molecule has 4 unspecified atom stereocenters. The lowest BCUT2D eigenvalue weighted by molar-refractivity contribution is 0.112. The predicted molar refractivity (Wildman–Crippen MR) is 100.0 cm³/mol. The number of rotatable bonds is 3. The third-order valence-electron chi connectivity index (χ3n) is 7.09. The second kappa shape index (κ2) is 7.34. The summed E-state index contributed by atoms with van der Waals surface area (Å²) < 4.78 is 13.7. The number of halogens is 1. The molecule has 0 aromatic heterocycles. The number of piperidine rings is 1. The van der Waals surface area contributed by atoms with Gasteiger partial charge in [-0.05, 0) is 88.2 Å². The Labute approximate surface area is 151 Å². The standard InChI is InChI=1S/C21H32FN3/c1-25(2)18-8-6-14(7-9-18)16-11-19-20(13-24-21(19)23-12-16)15-4-3-5-17(22)10-15/h3-5,10,14,16,18-21,23-24H,6-9,11-13H2,1-2H3. The molecule has 0 bridgehead atoms. The number of hydrogen-bond acceptors (Lipinski definition) is 3. The fourth-order valence-corrected chi connectivity index (χ4v) is 5.57. The second-order valence-electron chi connectivity index (χ2n) is 8.65. The van der Waals surface area contributed by atoms with Crippen molar-refractivity contribution in [3.63, 3.8) is 0 Å². The molecule has 4 heteroatoms. The normalized spacial score (nSPS) is 38.7. The van der Waals surface area contributed by atoms with Gasteiger partial charge in [0.25, 0.3) is 0 Å². The summed E-state index contributed by atoms with van der Waals surface area (Å²) in [5, 5.41) is 7.39. The molecule has 138 valence electrons. The topological polar surface area (TPSA) is 27.3 Å². The van der Waals surface area contributed by atoms with E-state index in [2.05, 4.69) is 35.7 Å². The van der Waals surface area contributed by atoms with Gasteiger partial charge in [0, 0.05) is 18.5 Å².